The van der Waals surface area contributed by atoms with E-state index in [1.54, 1.807) is 6.26 Å². The normalized spacial score (nSPS) is 34.4. The van der Waals surface area contributed by atoms with Crippen LogP contribution in [0.15, 0.2) is 22.8 Å². The summed E-state index contributed by atoms with van der Waals surface area (Å²) in [6.45, 7) is 2.23. The average Bonchev–Trinajstić information content (AvgIpc) is 3.01. The van der Waals surface area contributed by atoms with Gasteiger partial charge in [0.1, 0.15) is 5.76 Å². The molecule has 2 aliphatic carbocycles. The molecule has 16 heavy (non-hydrogen) atoms. The first-order chi connectivity index (χ1) is 7.86. The molecule has 0 saturated heterocycles. The highest BCUT2D eigenvalue weighted by Crippen LogP contribution is 2.45. The van der Waals surface area contributed by atoms with Crippen LogP contribution in [-0.2, 0) is 0 Å². The molecule has 1 aromatic heterocycles. The third-order valence-electron chi connectivity index (χ3n) is 4.45. The van der Waals surface area contributed by atoms with Crippen molar-refractivity contribution in [3.8, 4) is 0 Å². The molecule has 0 amide bonds. The third kappa shape index (κ3) is 1.80. The monoisotopic (exact) mass is 219 g/mol. The van der Waals surface area contributed by atoms with E-state index < -0.39 is 0 Å². The molecule has 1 heterocycles. The number of nitrogens with one attached hydrogen (secondary N) is 1. The van der Waals surface area contributed by atoms with Crippen LogP contribution in [0.3, 0.4) is 0 Å². The summed E-state index contributed by atoms with van der Waals surface area (Å²) < 4.78 is 5.51. The van der Waals surface area contributed by atoms with Gasteiger partial charge in [-0.2, -0.15) is 0 Å². The number of hydrogen-bond acceptors (Lipinski definition) is 2. The highest BCUT2D eigenvalue weighted by atomic mass is 16.3. The summed E-state index contributed by atoms with van der Waals surface area (Å²) >= 11 is 0. The zero-order chi connectivity index (χ0) is 11.0. The summed E-state index contributed by atoms with van der Waals surface area (Å²) in [6.07, 6.45) is 8.66. The lowest BCUT2D eigenvalue weighted by Gasteiger charge is -2.27. The fourth-order valence-corrected chi connectivity index (χ4v) is 3.60. The molecule has 0 aromatic carbocycles. The molecule has 1 N–H and O–H groups in total. The minimum absolute atomic E-state index is 0.416. The Labute approximate surface area is 97.4 Å². The second-order valence-corrected chi connectivity index (χ2v) is 5.42. The summed E-state index contributed by atoms with van der Waals surface area (Å²) in [5, 5.41) is 3.81. The van der Waals surface area contributed by atoms with Gasteiger partial charge in [-0.05, 0) is 49.7 Å². The lowest BCUT2D eigenvalue weighted by atomic mass is 9.94. The highest BCUT2D eigenvalue weighted by molar-refractivity contribution is 5.06. The maximum Gasteiger partial charge on any atom is 0.120 e. The quantitative estimate of drug-likeness (QED) is 0.838. The van der Waals surface area contributed by atoms with Crippen LogP contribution in [0.1, 0.15) is 50.8 Å². The van der Waals surface area contributed by atoms with Crippen molar-refractivity contribution in [1.82, 2.24) is 5.32 Å². The lowest BCUT2D eigenvalue weighted by Crippen LogP contribution is -2.36. The summed E-state index contributed by atoms with van der Waals surface area (Å²) in [7, 11) is 0. The van der Waals surface area contributed by atoms with Gasteiger partial charge in [0.15, 0.2) is 0 Å². The van der Waals surface area contributed by atoms with Crippen LogP contribution in [0, 0.1) is 11.8 Å². The molecule has 88 valence electrons. The Morgan fingerprint density at radius 1 is 1.44 bits per heavy atom. The van der Waals surface area contributed by atoms with E-state index in [1.165, 1.54) is 25.7 Å². The molecule has 2 fully saturated rings. The Hall–Kier alpha value is -0.760. The maximum absolute atomic E-state index is 5.51. The van der Waals surface area contributed by atoms with Gasteiger partial charge in [0.2, 0.25) is 0 Å². The molecular weight excluding hydrogens is 198 g/mol. The first-order valence-corrected chi connectivity index (χ1v) is 6.66. The fraction of sp³-hybridized carbons (Fsp3) is 0.714. The summed E-state index contributed by atoms with van der Waals surface area (Å²) in [5.41, 5.74) is 0. The molecular formula is C14H21NO. The van der Waals surface area contributed by atoms with E-state index in [2.05, 4.69) is 18.3 Å². The SMILES string of the molecule is CCC(NC1CC2CCC1C2)c1ccco1. The van der Waals surface area contributed by atoms with E-state index in [0.29, 0.717) is 6.04 Å². The molecule has 2 nitrogen and oxygen atoms in total. The predicted octanol–water partition coefficient (Wildman–Crippen LogP) is 3.51. The first kappa shape index (κ1) is 10.4. The smallest absolute Gasteiger partial charge is 0.120 e. The molecule has 0 aliphatic heterocycles. The van der Waals surface area contributed by atoms with Crippen molar-refractivity contribution in [2.45, 2.75) is 51.1 Å². The van der Waals surface area contributed by atoms with E-state index in [0.717, 1.165) is 30.1 Å². The van der Waals surface area contributed by atoms with Crippen LogP contribution in [0.5, 0.6) is 0 Å². The van der Waals surface area contributed by atoms with Crippen LogP contribution < -0.4 is 5.32 Å². The second kappa shape index (κ2) is 4.25. The van der Waals surface area contributed by atoms with Gasteiger partial charge in [0.25, 0.3) is 0 Å². The van der Waals surface area contributed by atoms with E-state index in [-0.39, 0.29) is 0 Å². The van der Waals surface area contributed by atoms with E-state index in [4.69, 9.17) is 4.42 Å². The summed E-state index contributed by atoms with van der Waals surface area (Å²) in [6, 6.07) is 5.24. The van der Waals surface area contributed by atoms with Gasteiger partial charge in [-0.3, -0.25) is 0 Å². The van der Waals surface area contributed by atoms with Gasteiger partial charge in [0, 0.05) is 6.04 Å². The number of furan rings is 1. The molecule has 0 spiro atoms. The van der Waals surface area contributed by atoms with E-state index in [1.807, 2.05) is 6.07 Å². The molecule has 2 aliphatic rings. The summed E-state index contributed by atoms with van der Waals surface area (Å²) in [5.74, 6) is 3.05. The molecule has 4 atom stereocenters. The van der Waals surface area contributed by atoms with Crippen molar-refractivity contribution in [2.75, 3.05) is 0 Å². The Kier molecular flexibility index (Phi) is 2.76. The molecule has 0 radical (unpaired) electrons. The van der Waals surface area contributed by atoms with Gasteiger partial charge in [0.05, 0.1) is 12.3 Å². The lowest BCUT2D eigenvalue weighted by molar-refractivity contribution is 0.293. The number of rotatable bonds is 4. The van der Waals surface area contributed by atoms with Crippen LogP contribution >= 0.6 is 0 Å². The Morgan fingerprint density at radius 2 is 2.38 bits per heavy atom. The van der Waals surface area contributed by atoms with Crippen LogP contribution in [0.25, 0.3) is 0 Å². The summed E-state index contributed by atoms with van der Waals surface area (Å²) in [4.78, 5) is 0. The maximum atomic E-state index is 5.51. The minimum Gasteiger partial charge on any atom is -0.468 e. The van der Waals surface area contributed by atoms with Gasteiger partial charge < -0.3 is 9.73 Å². The molecule has 1 aromatic rings. The number of hydrogen-bond donors (Lipinski definition) is 1. The van der Waals surface area contributed by atoms with Gasteiger partial charge in [-0.15, -0.1) is 0 Å². The minimum atomic E-state index is 0.416. The van der Waals surface area contributed by atoms with Crippen molar-refractivity contribution >= 4 is 0 Å². The molecule has 2 saturated carbocycles. The Bertz CT molecular complexity index is 333. The molecule has 3 rings (SSSR count). The molecule has 4 unspecified atom stereocenters. The van der Waals surface area contributed by atoms with Crippen LogP contribution in [0.2, 0.25) is 0 Å². The standard InChI is InChI=1S/C14H21NO/c1-2-12(14-4-3-7-16-14)15-13-9-10-5-6-11(13)8-10/h3-4,7,10-13,15H,2,5-6,8-9H2,1H3. The van der Waals surface area contributed by atoms with Gasteiger partial charge in [-0.1, -0.05) is 13.3 Å². The van der Waals surface area contributed by atoms with E-state index in [9.17, 15) is 0 Å². The van der Waals surface area contributed by atoms with Gasteiger partial charge in [-0.25, -0.2) is 0 Å². The van der Waals surface area contributed by atoms with Gasteiger partial charge >= 0.3 is 0 Å². The van der Waals surface area contributed by atoms with Crippen molar-refractivity contribution in [1.29, 1.82) is 0 Å². The molecule has 2 heteroatoms. The Morgan fingerprint density at radius 3 is 2.94 bits per heavy atom. The topological polar surface area (TPSA) is 25.2 Å². The largest absolute Gasteiger partial charge is 0.468 e. The van der Waals surface area contributed by atoms with Crippen molar-refractivity contribution < 1.29 is 4.42 Å². The van der Waals surface area contributed by atoms with Crippen molar-refractivity contribution in [3.63, 3.8) is 0 Å². The van der Waals surface area contributed by atoms with Crippen LogP contribution in [0.4, 0.5) is 0 Å². The zero-order valence-corrected chi connectivity index (χ0v) is 9.99. The predicted molar refractivity (Wildman–Crippen MR) is 64.1 cm³/mol. The zero-order valence-electron chi connectivity index (χ0n) is 9.99. The highest BCUT2D eigenvalue weighted by Gasteiger charge is 2.40. The van der Waals surface area contributed by atoms with Crippen molar-refractivity contribution in [3.05, 3.63) is 24.2 Å². The fourth-order valence-electron chi connectivity index (χ4n) is 3.60. The first-order valence-electron chi connectivity index (χ1n) is 6.66. The molecule has 2 bridgehead atoms. The van der Waals surface area contributed by atoms with Crippen LogP contribution in [-0.4, -0.2) is 6.04 Å². The Balaban J connectivity index is 1.65. The number of fused-ring (bicyclic) bond motifs is 2. The average molecular weight is 219 g/mol. The van der Waals surface area contributed by atoms with E-state index >= 15 is 0 Å². The third-order valence-corrected chi connectivity index (χ3v) is 4.45. The van der Waals surface area contributed by atoms with Crippen molar-refractivity contribution in [2.24, 2.45) is 11.8 Å². The second-order valence-electron chi connectivity index (χ2n) is 5.42.